The van der Waals surface area contributed by atoms with Gasteiger partial charge in [0, 0.05) is 38.3 Å². The van der Waals surface area contributed by atoms with Crippen molar-refractivity contribution in [3.05, 3.63) is 47.7 Å². The number of rotatable bonds is 5. The summed E-state index contributed by atoms with van der Waals surface area (Å²) in [6.07, 6.45) is 2.10. The normalized spacial score (nSPS) is 14.8. The first-order valence-electron chi connectivity index (χ1n) is 10.0. The van der Waals surface area contributed by atoms with Crippen molar-refractivity contribution in [3.63, 3.8) is 0 Å². The van der Waals surface area contributed by atoms with Gasteiger partial charge in [-0.1, -0.05) is 12.1 Å². The molecule has 2 aromatic heterocycles. The molecule has 152 valence electrons. The maximum atomic E-state index is 12.7. The zero-order chi connectivity index (χ0) is 20.2. The van der Waals surface area contributed by atoms with Gasteiger partial charge in [0.05, 0.1) is 7.11 Å². The predicted octanol–water partition coefficient (Wildman–Crippen LogP) is 3.21. The summed E-state index contributed by atoms with van der Waals surface area (Å²) in [5.74, 6) is 1.01. The molecule has 0 atom stereocenters. The average Bonchev–Trinajstić information content (AvgIpc) is 2.99. The highest BCUT2D eigenvalue weighted by Crippen LogP contribution is 2.22. The number of amides is 1. The molecule has 4 rings (SSSR count). The molecule has 1 aromatic carbocycles. The van der Waals surface area contributed by atoms with E-state index in [0.29, 0.717) is 43.2 Å². The number of pyridine rings is 1. The van der Waals surface area contributed by atoms with Crippen LogP contribution in [0.5, 0.6) is 5.75 Å². The molecule has 0 N–H and O–H groups in total. The summed E-state index contributed by atoms with van der Waals surface area (Å²) in [5.41, 5.74) is 3.36. The lowest BCUT2D eigenvalue weighted by atomic mass is 10.1. The minimum Gasteiger partial charge on any atom is -0.497 e. The fourth-order valence-corrected chi connectivity index (χ4v) is 3.63. The van der Waals surface area contributed by atoms with Gasteiger partial charge in [0.1, 0.15) is 5.75 Å². The van der Waals surface area contributed by atoms with Crippen LogP contribution in [-0.2, 0) is 11.2 Å². The number of oxazole rings is 1. The molecule has 1 amide bonds. The van der Waals surface area contributed by atoms with Gasteiger partial charge in [-0.3, -0.25) is 4.79 Å². The Morgan fingerprint density at radius 2 is 2.03 bits per heavy atom. The second-order valence-electron chi connectivity index (χ2n) is 7.34. The molecule has 1 aliphatic heterocycles. The number of benzene rings is 1. The molecule has 7 nitrogen and oxygen atoms in total. The highest BCUT2D eigenvalue weighted by molar-refractivity contribution is 5.76. The number of methoxy groups -OCH3 is 1. The maximum Gasteiger partial charge on any atom is 0.300 e. The Morgan fingerprint density at radius 1 is 1.14 bits per heavy atom. The van der Waals surface area contributed by atoms with Gasteiger partial charge in [0.15, 0.2) is 5.58 Å². The van der Waals surface area contributed by atoms with Crippen LogP contribution in [-0.4, -0.2) is 54.1 Å². The van der Waals surface area contributed by atoms with Crippen molar-refractivity contribution in [2.75, 3.05) is 38.2 Å². The van der Waals surface area contributed by atoms with Gasteiger partial charge in [0.25, 0.3) is 6.01 Å². The first-order chi connectivity index (χ1) is 14.1. The monoisotopic (exact) mass is 394 g/mol. The highest BCUT2D eigenvalue weighted by Gasteiger charge is 2.22. The van der Waals surface area contributed by atoms with Gasteiger partial charge >= 0.3 is 0 Å². The maximum absolute atomic E-state index is 12.7. The summed E-state index contributed by atoms with van der Waals surface area (Å²) >= 11 is 0. The Balaban J connectivity index is 1.35. The molecule has 29 heavy (non-hydrogen) atoms. The van der Waals surface area contributed by atoms with Crippen molar-refractivity contribution in [1.82, 2.24) is 14.9 Å². The molecule has 0 aliphatic carbocycles. The largest absolute Gasteiger partial charge is 0.497 e. The number of ether oxygens (including phenoxy) is 1. The predicted molar refractivity (Wildman–Crippen MR) is 111 cm³/mol. The average molecular weight is 394 g/mol. The number of carbonyl (C=O) groups is 1. The Hall–Kier alpha value is -3.09. The minimum atomic E-state index is 0.185. The van der Waals surface area contributed by atoms with Crippen LogP contribution < -0.4 is 9.64 Å². The molecule has 0 saturated carbocycles. The van der Waals surface area contributed by atoms with Gasteiger partial charge in [-0.25, -0.2) is 4.98 Å². The van der Waals surface area contributed by atoms with Gasteiger partial charge in [-0.05, 0) is 49.6 Å². The van der Waals surface area contributed by atoms with Crippen LogP contribution >= 0.6 is 0 Å². The van der Waals surface area contributed by atoms with Crippen LogP contribution in [0.2, 0.25) is 0 Å². The number of carbonyl (C=O) groups excluding carboxylic acids is 1. The third-order valence-corrected chi connectivity index (χ3v) is 5.26. The number of aryl methyl sites for hydroxylation is 2. The fourth-order valence-electron chi connectivity index (χ4n) is 3.63. The van der Waals surface area contributed by atoms with Crippen LogP contribution in [0.25, 0.3) is 11.2 Å². The Bertz CT molecular complexity index is 1000. The zero-order valence-electron chi connectivity index (χ0n) is 16.9. The van der Waals surface area contributed by atoms with Crippen LogP contribution in [0.4, 0.5) is 6.01 Å². The fraction of sp³-hybridized carbons (Fsp3) is 0.409. The lowest BCUT2D eigenvalue weighted by Crippen LogP contribution is -2.35. The molecule has 3 aromatic rings. The Morgan fingerprint density at radius 3 is 2.90 bits per heavy atom. The Kier molecular flexibility index (Phi) is 5.64. The molecular formula is C22H26N4O3. The molecule has 1 aliphatic rings. The zero-order valence-corrected chi connectivity index (χ0v) is 16.9. The van der Waals surface area contributed by atoms with Gasteiger partial charge in [-0.2, -0.15) is 4.98 Å². The van der Waals surface area contributed by atoms with Gasteiger partial charge in [-0.15, -0.1) is 0 Å². The molecule has 0 radical (unpaired) electrons. The van der Waals surface area contributed by atoms with Crippen LogP contribution in [0.1, 0.15) is 24.1 Å². The molecule has 0 unspecified atom stereocenters. The van der Waals surface area contributed by atoms with E-state index in [0.717, 1.165) is 36.5 Å². The smallest absolute Gasteiger partial charge is 0.300 e. The van der Waals surface area contributed by atoms with E-state index in [1.54, 1.807) is 7.11 Å². The van der Waals surface area contributed by atoms with E-state index in [2.05, 4.69) is 14.9 Å². The van der Waals surface area contributed by atoms with Crippen molar-refractivity contribution in [1.29, 1.82) is 0 Å². The quantitative estimate of drug-likeness (QED) is 0.662. The van der Waals surface area contributed by atoms with E-state index in [1.807, 2.05) is 48.2 Å². The number of hydrogen-bond donors (Lipinski definition) is 0. The molecule has 1 fully saturated rings. The third kappa shape index (κ3) is 4.50. The number of aromatic nitrogens is 2. The van der Waals surface area contributed by atoms with Crippen molar-refractivity contribution >= 4 is 23.2 Å². The van der Waals surface area contributed by atoms with Gasteiger partial charge < -0.3 is 19.0 Å². The summed E-state index contributed by atoms with van der Waals surface area (Å²) in [6, 6.07) is 12.3. The van der Waals surface area contributed by atoms with Crippen LogP contribution in [0.15, 0.2) is 40.8 Å². The number of nitrogens with zero attached hydrogens (tertiary/aromatic N) is 4. The second-order valence-corrected chi connectivity index (χ2v) is 7.34. The lowest BCUT2D eigenvalue weighted by Gasteiger charge is -2.21. The Labute approximate surface area is 170 Å². The summed E-state index contributed by atoms with van der Waals surface area (Å²) in [7, 11) is 1.65. The molecule has 0 spiro atoms. The number of anilines is 1. The number of fused-ring (bicyclic) bond motifs is 1. The van der Waals surface area contributed by atoms with E-state index in [1.165, 1.54) is 0 Å². The summed E-state index contributed by atoms with van der Waals surface area (Å²) in [5, 5.41) is 0. The van der Waals surface area contributed by atoms with Crippen LogP contribution in [0, 0.1) is 6.92 Å². The molecule has 0 bridgehead atoms. The number of hydrogen-bond acceptors (Lipinski definition) is 6. The lowest BCUT2D eigenvalue weighted by molar-refractivity contribution is -0.130. The molecule has 3 heterocycles. The van der Waals surface area contributed by atoms with Crippen molar-refractivity contribution in [3.8, 4) is 5.75 Å². The first kappa shape index (κ1) is 19.2. The molecule has 1 saturated heterocycles. The van der Waals surface area contributed by atoms with Gasteiger partial charge in [0.2, 0.25) is 11.6 Å². The molecular weight excluding hydrogens is 368 g/mol. The summed E-state index contributed by atoms with van der Waals surface area (Å²) in [4.78, 5) is 25.7. The standard InChI is InChI=1S/C22H26N4O3/c1-16-7-9-19-21(23-16)24-22(29-19)26-12-4-11-25(13-14-26)20(27)10-8-17-5-3-6-18(15-17)28-2/h3,5-7,9,15H,4,8,10-14H2,1-2H3. The van der Waals surface area contributed by atoms with Crippen molar-refractivity contribution in [2.24, 2.45) is 0 Å². The van der Waals surface area contributed by atoms with Crippen molar-refractivity contribution in [2.45, 2.75) is 26.2 Å². The highest BCUT2D eigenvalue weighted by atomic mass is 16.5. The topological polar surface area (TPSA) is 71.7 Å². The van der Waals surface area contributed by atoms with E-state index >= 15 is 0 Å². The van der Waals surface area contributed by atoms with E-state index in [4.69, 9.17) is 9.15 Å². The molecule has 7 heteroatoms. The van der Waals surface area contributed by atoms with E-state index in [9.17, 15) is 4.79 Å². The SMILES string of the molecule is COc1cccc(CCC(=O)N2CCCN(c3nc4nc(C)ccc4o3)CC2)c1. The summed E-state index contributed by atoms with van der Waals surface area (Å²) < 4.78 is 11.1. The van der Waals surface area contributed by atoms with Crippen molar-refractivity contribution < 1.29 is 13.9 Å². The van der Waals surface area contributed by atoms with E-state index < -0.39 is 0 Å². The third-order valence-electron chi connectivity index (χ3n) is 5.26. The minimum absolute atomic E-state index is 0.185. The first-order valence-corrected chi connectivity index (χ1v) is 10.0. The van der Waals surface area contributed by atoms with Crippen LogP contribution in [0.3, 0.4) is 0 Å². The second kappa shape index (κ2) is 8.51. The van der Waals surface area contributed by atoms with E-state index in [-0.39, 0.29) is 5.91 Å². The summed E-state index contributed by atoms with van der Waals surface area (Å²) in [6.45, 7) is 4.88.